The summed E-state index contributed by atoms with van der Waals surface area (Å²) < 4.78 is 0. The molecule has 0 aliphatic rings. The molecule has 0 atom stereocenters. The number of hydrogen-bond donors (Lipinski definition) is 1. The number of aliphatic carboxylic acids is 2. The van der Waals surface area contributed by atoms with Crippen molar-refractivity contribution in [1.29, 1.82) is 0 Å². The van der Waals surface area contributed by atoms with Crippen LogP contribution in [0.4, 0.5) is 0 Å². The van der Waals surface area contributed by atoms with Crippen LogP contribution in [-0.2, 0) is 9.59 Å². The molecular formula is C5H9O4-. The third-order valence-corrected chi connectivity index (χ3v) is 0.302. The lowest BCUT2D eigenvalue weighted by Gasteiger charge is -1.77. The molecule has 0 aromatic carbocycles. The van der Waals surface area contributed by atoms with Gasteiger partial charge in [0.15, 0.2) is 0 Å². The normalized spacial score (nSPS) is 6.89. The molecule has 0 aliphatic carbocycles. The van der Waals surface area contributed by atoms with Crippen LogP contribution in [0.5, 0.6) is 0 Å². The smallest absolute Gasteiger partial charge is 0.303 e. The minimum absolute atomic E-state index is 0.222. The number of hydrogen-bond acceptors (Lipinski definition) is 3. The van der Waals surface area contributed by atoms with Gasteiger partial charge < -0.3 is 15.0 Å². The predicted octanol–water partition coefficient (Wildman–Crippen LogP) is -0.763. The molecule has 54 valence electrons. The average Bonchev–Trinajstić information content (AvgIpc) is 1.65. The Bertz CT molecular complexity index is 93.1. The molecule has 0 spiro atoms. The second-order valence-electron chi connectivity index (χ2n) is 1.24. The molecule has 1 N–H and O–H groups in total. The van der Waals surface area contributed by atoms with Gasteiger partial charge in [0.25, 0.3) is 0 Å². The monoisotopic (exact) mass is 133 g/mol. The Morgan fingerprint density at radius 3 is 1.67 bits per heavy atom. The van der Waals surface area contributed by atoms with Gasteiger partial charge >= 0.3 is 5.97 Å². The van der Waals surface area contributed by atoms with E-state index in [1.807, 2.05) is 0 Å². The van der Waals surface area contributed by atoms with E-state index in [0.29, 0.717) is 0 Å². The summed E-state index contributed by atoms with van der Waals surface area (Å²) in [7, 11) is 0. The predicted molar refractivity (Wildman–Crippen MR) is 28.6 cm³/mol. The fourth-order valence-electron chi connectivity index (χ4n) is 0. The number of rotatable bonds is 1. The molecular weight excluding hydrogens is 124 g/mol. The maximum Gasteiger partial charge on any atom is 0.303 e. The molecule has 4 nitrogen and oxygen atoms in total. The fourth-order valence-corrected chi connectivity index (χ4v) is 0. The molecule has 0 saturated carbocycles. The lowest BCUT2D eigenvalue weighted by Crippen LogP contribution is -2.16. The second-order valence-corrected chi connectivity index (χ2v) is 1.24. The molecule has 0 saturated heterocycles. The molecule has 0 fully saturated rings. The summed E-state index contributed by atoms with van der Waals surface area (Å²) in [6.07, 6.45) is 0.222. The van der Waals surface area contributed by atoms with Crippen LogP contribution in [0.2, 0.25) is 0 Å². The van der Waals surface area contributed by atoms with Gasteiger partial charge in [0.05, 0.1) is 0 Å². The summed E-state index contributed by atoms with van der Waals surface area (Å²) >= 11 is 0. The highest BCUT2D eigenvalue weighted by molar-refractivity contribution is 5.66. The first-order chi connectivity index (χ1) is 4.00. The topological polar surface area (TPSA) is 77.4 Å². The van der Waals surface area contributed by atoms with Crippen molar-refractivity contribution in [3.63, 3.8) is 0 Å². The molecule has 0 aromatic heterocycles. The van der Waals surface area contributed by atoms with Crippen molar-refractivity contribution in [2.24, 2.45) is 0 Å². The molecule has 0 aliphatic heterocycles. The van der Waals surface area contributed by atoms with E-state index in [1.54, 1.807) is 6.92 Å². The van der Waals surface area contributed by atoms with Gasteiger partial charge in [0.1, 0.15) is 0 Å². The quantitative estimate of drug-likeness (QED) is 0.509. The lowest BCUT2D eigenvalue weighted by atomic mass is 10.5. The Hall–Kier alpha value is -1.06. The zero-order valence-corrected chi connectivity index (χ0v) is 5.38. The molecule has 0 unspecified atom stereocenters. The van der Waals surface area contributed by atoms with Gasteiger partial charge in [-0.2, -0.15) is 0 Å². The van der Waals surface area contributed by atoms with Gasteiger partial charge in [-0.1, -0.05) is 6.92 Å². The molecule has 9 heavy (non-hydrogen) atoms. The van der Waals surface area contributed by atoms with Gasteiger partial charge in [0, 0.05) is 12.4 Å². The lowest BCUT2D eigenvalue weighted by molar-refractivity contribution is -0.302. The summed E-state index contributed by atoms with van der Waals surface area (Å²) in [4.78, 5) is 18.3. The van der Waals surface area contributed by atoms with E-state index in [9.17, 15) is 4.79 Å². The Balaban J connectivity index is 0. The summed E-state index contributed by atoms with van der Waals surface area (Å²) in [6.45, 7) is 2.57. The molecule has 0 heterocycles. The Morgan fingerprint density at radius 2 is 1.67 bits per heavy atom. The van der Waals surface area contributed by atoms with Crippen LogP contribution in [0.25, 0.3) is 0 Å². The first-order valence-corrected chi connectivity index (χ1v) is 2.40. The van der Waals surface area contributed by atoms with E-state index in [0.717, 1.165) is 6.92 Å². The van der Waals surface area contributed by atoms with Gasteiger partial charge in [-0.3, -0.25) is 4.79 Å². The molecule has 0 amide bonds. The summed E-state index contributed by atoms with van der Waals surface area (Å²) in [6, 6.07) is 0. The van der Waals surface area contributed by atoms with Crippen molar-refractivity contribution in [3.8, 4) is 0 Å². The van der Waals surface area contributed by atoms with E-state index >= 15 is 0 Å². The van der Waals surface area contributed by atoms with Crippen LogP contribution in [-0.4, -0.2) is 17.0 Å². The van der Waals surface area contributed by atoms with Crippen LogP contribution in [0.3, 0.4) is 0 Å². The van der Waals surface area contributed by atoms with E-state index in [1.165, 1.54) is 0 Å². The minimum Gasteiger partial charge on any atom is -0.550 e. The number of carbonyl (C=O) groups is 2. The standard InChI is InChI=1S/C3H6O2.C2H4O2/c1-2-3(4)5;1-2(3)4/h2H2,1H3,(H,4,5);1H3,(H,3,4)/p-1. The summed E-state index contributed by atoms with van der Waals surface area (Å²) in [5.41, 5.74) is 0. The first-order valence-electron chi connectivity index (χ1n) is 2.40. The second kappa shape index (κ2) is 6.94. The maximum atomic E-state index is 9.37. The van der Waals surface area contributed by atoms with Crippen molar-refractivity contribution in [2.75, 3.05) is 0 Å². The van der Waals surface area contributed by atoms with E-state index in [4.69, 9.17) is 15.0 Å². The minimum atomic E-state index is -1.08. The third kappa shape index (κ3) is 192. The molecule has 4 heteroatoms. The third-order valence-electron chi connectivity index (χ3n) is 0.302. The average molecular weight is 133 g/mol. The van der Waals surface area contributed by atoms with Crippen LogP contribution >= 0.6 is 0 Å². The zero-order valence-electron chi connectivity index (χ0n) is 5.38. The Labute approximate surface area is 53.1 Å². The molecule has 0 radical (unpaired) electrons. The first kappa shape index (κ1) is 10.8. The highest BCUT2D eigenvalue weighted by Crippen LogP contribution is 1.67. The van der Waals surface area contributed by atoms with Crippen molar-refractivity contribution >= 4 is 11.9 Å². The number of carboxylic acids is 2. The van der Waals surface area contributed by atoms with Crippen molar-refractivity contribution in [3.05, 3.63) is 0 Å². The fraction of sp³-hybridized carbons (Fsp3) is 0.600. The van der Waals surface area contributed by atoms with E-state index in [-0.39, 0.29) is 6.42 Å². The van der Waals surface area contributed by atoms with Gasteiger partial charge in [-0.05, 0) is 6.92 Å². The Morgan fingerprint density at radius 1 is 1.56 bits per heavy atom. The summed E-state index contributed by atoms with van der Waals surface area (Å²) in [5.74, 6) is -1.83. The molecule has 0 bridgehead atoms. The van der Waals surface area contributed by atoms with Crippen molar-refractivity contribution in [2.45, 2.75) is 20.3 Å². The van der Waals surface area contributed by atoms with Gasteiger partial charge in [-0.25, -0.2) is 0 Å². The highest BCUT2D eigenvalue weighted by atomic mass is 16.4. The van der Waals surface area contributed by atoms with E-state index < -0.39 is 11.9 Å². The van der Waals surface area contributed by atoms with Gasteiger partial charge in [0.2, 0.25) is 0 Å². The van der Waals surface area contributed by atoms with Crippen LogP contribution in [0.15, 0.2) is 0 Å². The largest absolute Gasteiger partial charge is 0.550 e. The van der Waals surface area contributed by atoms with Crippen LogP contribution in [0, 0.1) is 0 Å². The van der Waals surface area contributed by atoms with Crippen LogP contribution < -0.4 is 5.11 Å². The molecule has 0 aromatic rings. The summed E-state index contributed by atoms with van der Waals surface area (Å²) in [5, 5.41) is 16.6. The van der Waals surface area contributed by atoms with Crippen LogP contribution in [0.1, 0.15) is 20.3 Å². The Kier molecular flexibility index (Phi) is 8.36. The zero-order chi connectivity index (χ0) is 7.86. The number of carbonyl (C=O) groups excluding carboxylic acids is 1. The SMILES string of the molecule is CC(=O)[O-].CCC(=O)O. The highest BCUT2D eigenvalue weighted by Gasteiger charge is 1.80. The van der Waals surface area contributed by atoms with Gasteiger partial charge in [-0.15, -0.1) is 0 Å². The van der Waals surface area contributed by atoms with E-state index in [2.05, 4.69) is 0 Å². The number of carboxylic acid groups (broad SMARTS) is 2. The molecule has 0 rings (SSSR count). The maximum absolute atomic E-state index is 9.37. The van der Waals surface area contributed by atoms with Crippen molar-refractivity contribution < 1.29 is 19.8 Å². The van der Waals surface area contributed by atoms with Crippen molar-refractivity contribution in [1.82, 2.24) is 0 Å².